The molecule has 1 aromatic rings. The van der Waals surface area contributed by atoms with Gasteiger partial charge in [-0.3, -0.25) is 4.79 Å². The third-order valence-electron chi connectivity index (χ3n) is 2.49. The van der Waals surface area contributed by atoms with Crippen molar-refractivity contribution in [1.29, 1.82) is 0 Å². The Bertz CT molecular complexity index is 543. The van der Waals surface area contributed by atoms with Crippen molar-refractivity contribution in [3.8, 4) is 5.75 Å². The summed E-state index contributed by atoms with van der Waals surface area (Å²) in [6, 6.07) is 3.87. The van der Waals surface area contributed by atoms with E-state index in [2.05, 4.69) is 15.4 Å². The molecule has 0 saturated carbocycles. The highest BCUT2D eigenvalue weighted by atomic mass is 16.5. The molecule has 0 heterocycles. The van der Waals surface area contributed by atoms with Gasteiger partial charge in [0.25, 0.3) is 0 Å². The van der Waals surface area contributed by atoms with Crippen molar-refractivity contribution in [2.75, 3.05) is 26.1 Å². The average molecular weight is 296 g/mol. The standard InChI is InChI=1S/C13H16N2O6/c1-20-10-7-8(3-4-9(10)12(18)21-2)15-13(19)14-6-5-11(16)17/h3-4,7H,5-6H2,1-2H3,(H,16,17)(H2,14,15,19). The molecule has 1 rings (SSSR count). The highest BCUT2D eigenvalue weighted by Crippen LogP contribution is 2.23. The topological polar surface area (TPSA) is 114 Å². The predicted molar refractivity (Wildman–Crippen MR) is 73.6 cm³/mol. The molecule has 0 spiro atoms. The van der Waals surface area contributed by atoms with Crippen molar-refractivity contribution in [3.05, 3.63) is 23.8 Å². The van der Waals surface area contributed by atoms with Crippen molar-refractivity contribution in [1.82, 2.24) is 5.32 Å². The van der Waals surface area contributed by atoms with Crippen LogP contribution in [0.5, 0.6) is 5.75 Å². The molecular formula is C13H16N2O6. The maximum absolute atomic E-state index is 11.5. The second-order valence-corrected chi connectivity index (χ2v) is 3.93. The minimum atomic E-state index is -1.00. The Kier molecular flexibility index (Phi) is 5.99. The normalized spacial score (nSPS) is 9.62. The number of carboxylic acids is 1. The molecule has 0 aromatic heterocycles. The quantitative estimate of drug-likeness (QED) is 0.677. The second kappa shape index (κ2) is 7.73. The van der Waals surface area contributed by atoms with E-state index in [4.69, 9.17) is 9.84 Å². The molecule has 0 aliphatic heterocycles. The summed E-state index contributed by atoms with van der Waals surface area (Å²) >= 11 is 0. The molecule has 0 aliphatic carbocycles. The van der Waals surface area contributed by atoms with Crippen molar-refractivity contribution in [3.63, 3.8) is 0 Å². The number of amides is 2. The van der Waals surface area contributed by atoms with Gasteiger partial charge in [-0.2, -0.15) is 0 Å². The van der Waals surface area contributed by atoms with E-state index in [1.807, 2.05) is 0 Å². The van der Waals surface area contributed by atoms with Crippen molar-refractivity contribution in [2.45, 2.75) is 6.42 Å². The summed E-state index contributed by atoms with van der Waals surface area (Å²) in [6.07, 6.45) is -0.169. The fraction of sp³-hybridized carbons (Fsp3) is 0.308. The largest absolute Gasteiger partial charge is 0.496 e. The van der Waals surface area contributed by atoms with Crippen LogP contribution in [0, 0.1) is 0 Å². The van der Waals surface area contributed by atoms with Gasteiger partial charge in [0.1, 0.15) is 11.3 Å². The van der Waals surface area contributed by atoms with Crippen LogP contribution in [0.25, 0.3) is 0 Å². The van der Waals surface area contributed by atoms with Crippen LogP contribution in [0.4, 0.5) is 10.5 Å². The molecule has 8 nitrogen and oxygen atoms in total. The molecule has 8 heteroatoms. The van der Waals surface area contributed by atoms with E-state index in [1.165, 1.54) is 32.4 Å². The first-order valence-electron chi connectivity index (χ1n) is 6.01. The fourth-order valence-corrected chi connectivity index (χ4v) is 1.51. The number of aliphatic carboxylic acids is 1. The van der Waals surface area contributed by atoms with E-state index < -0.39 is 18.0 Å². The van der Waals surface area contributed by atoms with Gasteiger partial charge in [0.05, 0.1) is 20.6 Å². The maximum atomic E-state index is 11.5. The maximum Gasteiger partial charge on any atom is 0.341 e. The Morgan fingerprint density at radius 2 is 1.95 bits per heavy atom. The molecule has 2 amide bonds. The summed E-state index contributed by atoms with van der Waals surface area (Å²) in [4.78, 5) is 33.3. The van der Waals surface area contributed by atoms with Crippen LogP contribution in [0.3, 0.4) is 0 Å². The van der Waals surface area contributed by atoms with Crippen LogP contribution < -0.4 is 15.4 Å². The smallest absolute Gasteiger partial charge is 0.341 e. The molecule has 21 heavy (non-hydrogen) atoms. The van der Waals surface area contributed by atoms with Crippen molar-refractivity contribution in [2.24, 2.45) is 0 Å². The van der Waals surface area contributed by atoms with Crippen LogP contribution in [0.15, 0.2) is 18.2 Å². The summed E-state index contributed by atoms with van der Waals surface area (Å²) in [5.74, 6) is -1.30. The molecule has 0 aliphatic rings. The van der Waals surface area contributed by atoms with Gasteiger partial charge in [0.15, 0.2) is 0 Å². The summed E-state index contributed by atoms with van der Waals surface area (Å²) < 4.78 is 9.65. The second-order valence-electron chi connectivity index (χ2n) is 3.93. The number of rotatable bonds is 6. The molecule has 0 unspecified atom stereocenters. The van der Waals surface area contributed by atoms with E-state index in [0.29, 0.717) is 5.69 Å². The average Bonchev–Trinajstić information content (AvgIpc) is 2.45. The number of hydrogen-bond acceptors (Lipinski definition) is 5. The number of anilines is 1. The van der Waals surface area contributed by atoms with Gasteiger partial charge in [0, 0.05) is 18.3 Å². The molecule has 0 radical (unpaired) electrons. The summed E-state index contributed by atoms with van der Waals surface area (Å²) in [6.45, 7) is 0.0124. The van der Waals surface area contributed by atoms with Gasteiger partial charge < -0.3 is 25.2 Å². The van der Waals surface area contributed by atoms with E-state index in [1.54, 1.807) is 0 Å². The first-order valence-corrected chi connectivity index (χ1v) is 6.01. The SMILES string of the molecule is COC(=O)c1ccc(NC(=O)NCCC(=O)O)cc1OC. The minimum Gasteiger partial charge on any atom is -0.496 e. The molecule has 0 fully saturated rings. The monoisotopic (exact) mass is 296 g/mol. The summed E-state index contributed by atoms with van der Waals surface area (Å²) in [5, 5.41) is 13.3. The van der Waals surface area contributed by atoms with Gasteiger partial charge in [-0.15, -0.1) is 0 Å². The number of nitrogens with one attached hydrogen (secondary N) is 2. The molecule has 1 aromatic carbocycles. The number of methoxy groups -OCH3 is 2. The first kappa shape index (κ1) is 16.3. The Morgan fingerprint density at radius 3 is 2.52 bits per heavy atom. The zero-order chi connectivity index (χ0) is 15.8. The molecular weight excluding hydrogens is 280 g/mol. The number of carbonyl (C=O) groups is 3. The predicted octanol–water partition coefficient (Wildman–Crippen LogP) is 1.08. The summed E-state index contributed by atoms with van der Waals surface area (Å²) in [7, 11) is 2.64. The fourth-order valence-electron chi connectivity index (χ4n) is 1.51. The molecule has 0 bridgehead atoms. The third-order valence-corrected chi connectivity index (χ3v) is 2.49. The lowest BCUT2D eigenvalue weighted by Gasteiger charge is -2.10. The lowest BCUT2D eigenvalue weighted by molar-refractivity contribution is -0.136. The lowest BCUT2D eigenvalue weighted by atomic mass is 10.2. The number of carboxylic acid groups (broad SMARTS) is 1. The zero-order valence-electron chi connectivity index (χ0n) is 11.6. The van der Waals surface area contributed by atoms with E-state index in [0.717, 1.165) is 0 Å². The van der Waals surface area contributed by atoms with Gasteiger partial charge in [-0.05, 0) is 12.1 Å². The Hall–Kier alpha value is -2.77. The molecule has 0 saturated heterocycles. The summed E-state index contributed by atoms with van der Waals surface area (Å²) in [5.41, 5.74) is 0.629. The van der Waals surface area contributed by atoms with E-state index in [9.17, 15) is 14.4 Å². The van der Waals surface area contributed by atoms with Crippen LogP contribution in [0.2, 0.25) is 0 Å². The highest BCUT2D eigenvalue weighted by molar-refractivity contribution is 5.95. The Morgan fingerprint density at radius 1 is 1.24 bits per heavy atom. The van der Waals surface area contributed by atoms with Crippen LogP contribution in [0.1, 0.15) is 16.8 Å². The minimum absolute atomic E-state index is 0.0124. The first-order chi connectivity index (χ1) is 9.97. The highest BCUT2D eigenvalue weighted by Gasteiger charge is 2.13. The Labute approximate surface area is 121 Å². The molecule has 0 atom stereocenters. The Balaban J connectivity index is 2.70. The number of benzene rings is 1. The molecule has 114 valence electrons. The number of esters is 1. The number of carbonyl (C=O) groups excluding carboxylic acids is 2. The third kappa shape index (κ3) is 5.01. The van der Waals surface area contributed by atoms with E-state index in [-0.39, 0.29) is 24.3 Å². The van der Waals surface area contributed by atoms with Gasteiger partial charge in [-0.1, -0.05) is 0 Å². The zero-order valence-corrected chi connectivity index (χ0v) is 11.6. The van der Waals surface area contributed by atoms with Crippen LogP contribution in [-0.2, 0) is 9.53 Å². The lowest BCUT2D eigenvalue weighted by Crippen LogP contribution is -2.30. The van der Waals surface area contributed by atoms with Crippen molar-refractivity contribution < 1.29 is 29.0 Å². The van der Waals surface area contributed by atoms with Gasteiger partial charge in [-0.25, -0.2) is 9.59 Å². The van der Waals surface area contributed by atoms with E-state index >= 15 is 0 Å². The van der Waals surface area contributed by atoms with Crippen LogP contribution in [-0.4, -0.2) is 43.8 Å². The molecule has 3 N–H and O–H groups in total. The van der Waals surface area contributed by atoms with Gasteiger partial charge >= 0.3 is 18.0 Å². The number of urea groups is 1. The van der Waals surface area contributed by atoms with Gasteiger partial charge in [0.2, 0.25) is 0 Å². The van der Waals surface area contributed by atoms with Crippen LogP contribution >= 0.6 is 0 Å². The number of ether oxygens (including phenoxy) is 2. The number of hydrogen-bond donors (Lipinski definition) is 3. The van der Waals surface area contributed by atoms with Crippen molar-refractivity contribution >= 4 is 23.7 Å².